The van der Waals surface area contributed by atoms with Gasteiger partial charge in [0.2, 0.25) is 12.7 Å². The largest absolute Gasteiger partial charge is 0.454 e. The Hall–Kier alpha value is -2.90. The maximum atomic E-state index is 12.5. The molecule has 0 unspecified atom stereocenters. The smallest absolute Gasteiger partial charge is 0.246 e. The van der Waals surface area contributed by atoms with E-state index in [2.05, 4.69) is 16.0 Å². The number of nitrogens with zero attached hydrogens (tertiary/aromatic N) is 3. The van der Waals surface area contributed by atoms with Crippen molar-refractivity contribution in [1.82, 2.24) is 14.8 Å². The van der Waals surface area contributed by atoms with Gasteiger partial charge < -0.3 is 14.4 Å². The van der Waals surface area contributed by atoms with Gasteiger partial charge in [0.25, 0.3) is 0 Å². The second-order valence-electron chi connectivity index (χ2n) is 7.14. The summed E-state index contributed by atoms with van der Waals surface area (Å²) in [7, 11) is 0. The molecule has 0 saturated carbocycles. The lowest BCUT2D eigenvalue weighted by atomic mass is 10.1. The van der Waals surface area contributed by atoms with Crippen molar-refractivity contribution in [3.8, 4) is 11.5 Å². The lowest BCUT2D eigenvalue weighted by Crippen LogP contribution is -2.47. The Morgan fingerprint density at radius 2 is 1.90 bits per heavy atom. The molecule has 6 nitrogen and oxygen atoms in total. The van der Waals surface area contributed by atoms with E-state index in [0.717, 1.165) is 59.4 Å². The molecule has 0 N–H and O–H groups in total. The molecule has 0 bridgehead atoms. The number of carbonyl (C=O) groups excluding carboxylic acids is 1. The molecular formula is C22H21N3O3S. The van der Waals surface area contributed by atoms with Gasteiger partial charge >= 0.3 is 0 Å². The fourth-order valence-corrected chi connectivity index (χ4v) is 4.50. The summed E-state index contributed by atoms with van der Waals surface area (Å²) >= 11 is 1.60. The van der Waals surface area contributed by atoms with Crippen molar-refractivity contribution >= 4 is 33.5 Å². The van der Waals surface area contributed by atoms with Crippen molar-refractivity contribution in [3.05, 3.63) is 59.1 Å². The summed E-state index contributed by atoms with van der Waals surface area (Å²) in [6, 6.07) is 14.1. The minimum absolute atomic E-state index is 0.0481. The molecule has 0 atom stereocenters. The van der Waals surface area contributed by atoms with Gasteiger partial charge in [0.05, 0.1) is 10.2 Å². The fourth-order valence-electron chi connectivity index (χ4n) is 3.63. The third-order valence-corrected chi connectivity index (χ3v) is 6.21. The third kappa shape index (κ3) is 3.97. The van der Waals surface area contributed by atoms with E-state index in [4.69, 9.17) is 9.47 Å². The second-order valence-corrected chi connectivity index (χ2v) is 8.20. The zero-order chi connectivity index (χ0) is 19.6. The molecule has 3 heterocycles. The van der Waals surface area contributed by atoms with Crippen LogP contribution in [0.3, 0.4) is 0 Å². The normalized spacial score (nSPS) is 16.8. The van der Waals surface area contributed by atoms with Crippen molar-refractivity contribution in [2.24, 2.45) is 0 Å². The van der Waals surface area contributed by atoms with Crippen LogP contribution in [-0.4, -0.2) is 53.7 Å². The van der Waals surface area contributed by atoms with Crippen molar-refractivity contribution in [3.63, 3.8) is 0 Å². The molecule has 3 aromatic rings. The number of thiazole rings is 1. The minimum Gasteiger partial charge on any atom is -0.454 e. The highest BCUT2D eigenvalue weighted by Crippen LogP contribution is 2.32. The summed E-state index contributed by atoms with van der Waals surface area (Å²) in [6.45, 7) is 4.32. The van der Waals surface area contributed by atoms with Gasteiger partial charge in [0.1, 0.15) is 5.01 Å². The molecule has 1 aromatic heterocycles. The summed E-state index contributed by atoms with van der Waals surface area (Å²) in [5.74, 6) is 1.67. The van der Waals surface area contributed by atoms with Crippen LogP contribution in [0.2, 0.25) is 0 Å². The first-order valence-electron chi connectivity index (χ1n) is 9.68. The predicted molar refractivity (Wildman–Crippen MR) is 113 cm³/mol. The van der Waals surface area contributed by atoms with Crippen molar-refractivity contribution < 1.29 is 14.3 Å². The number of aromatic nitrogens is 1. The molecule has 1 amide bonds. The van der Waals surface area contributed by atoms with Gasteiger partial charge in [-0.2, -0.15) is 0 Å². The van der Waals surface area contributed by atoms with Crippen LogP contribution >= 0.6 is 11.3 Å². The van der Waals surface area contributed by atoms with E-state index in [1.54, 1.807) is 17.4 Å². The second kappa shape index (κ2) is 7.85. The monoisotopic (exact) mass is 407 g/mol. The highest BCUT2D eigenvalue weighted by atomic mass is 32.1. The Kier molecular flexibility index (Phi) is 4.91. The molecule has 7 heteroatoms. The van der Waals surface area contributed by atoms with E-state index in [1.165, 1.54) is 5.56 Å². The first-order chi connectivity index (χ1) is 14.2. The van der Waals surface area contributed by atoms with Crippen LogP contribution in [0.15, 0.2) is 48.5 Å². The van der Waals surface area contributed by atoms with E-state index in [9.17, 15) is 4.79 Å². The number of piperazine rings is 1. The van der Waals surface area contributed by atoms with Crippen LogP contribution in [-0.2, 0) is 11.3 Å². The Labute approximate surface area is 173 Å². The molecule has 5 rings (SSSR count). The highest BCUT2D eigenvalue weighted by molar-refractivity contribution is 7.19. The lowest BCUT2D eigenvalue weighted by molar-refractivity contribution is -0.127. The molecular weight excluding hydrogens is 386 g/mol. The quantitative estimate of drug-likeness (QED) is 0.621. The Bertz CT molecular complexity index is 1040. The summed E-state index contributed by atoms with van der Waals surface area (Å²) < 4.78 is 12.0. The molecule has 0 radical (unpaired) electrons. The van der Waals surface area contributed by atoms with Crippen LogP contribution in [0.25, 0.3) is 16.3 Å². The summed E-state index contributed by atoms with van der Waals surface area (Å²) in [4.78, 5) is 21.4. The van der Waals surface area contributed by atoms with Crippen molar-refractivity contribution in [2.45, 2.75) is 6.54 Å². The number of ether oxygens (including phenoxy) is 2. The zero-order valence-electron chi connectivity index (χ0n) is 15.9. The number of para-hydroxylation sites is 1. The van der Waals surface area contributed by atoms with E-state index in [-0.39, 0.29) is 5.91 Å². The fraction of sp³-hybridized carbons (Fsp3) is 0.273. The van der Waals surface area contributed by atoms with Gasteiger partial charge in [-0.25, -0.2) is 4.98 Å². The first-order valence-corrected chi connectivity index (χ1v) is 10.5. The Morgan fingerprint density at radius 3 is 2.76 bits per heavy atom. The number of benzene rings is 2. The van der Waals surface area contributed by atoms with Crippen LogP contribution < -0.4 is 9.47 Å². The van der Waals surface area contributed by atoms with E-state index < -0.39 is 0 Å². The summed E-state index contributed by atoms with van der Waals surface area (Å²) in [5, 5.41) is 0.862. The number of amides is 1. The van der Waals surface area contributed by atoms with E-state index in [1.807, 2.05) is 47.4 Å². The molecule has 2 aliphatic rings. The Balaban J connectivity index is 1.15. The molecule has 148 valence electrons. The van der Waals surface area contributed by atoms with Crippen LogP contribution in [0, 0.1) is 0 Å². The lowest BCUT2D eigenvalue weighted by Gasteiger charge is -2.34. The number of fused-ring (bicyclic) bond motifs is 2. The van der Waals surface area contributed by atoms with Gasteiger partial charge in [-0.1, -0.05) is 18.2 Å². The zero-order valence-corrected chi connectivity index (χ0v) is 16.7. The van der Waals surface area contributed by atoms with Crippen molar-refractivity contribution in [1.29, 1.82) is 0 Å². The Morgan fingerprint density at radius 1 is 1.07 bits per heavy atom. The van der Waals surface area contributed by atoms with Gasteiger partial charge in [0.15, 0.2) is 11.5 Å². The topological polar surface area (TPSA) is 54.9 Å². The maximum absolute atomic E-state index is 12.5. The molecule has 0 aliphatic carbocycles. The summed E-state index contributed by atoms with van der Waals surface area (Å²) in [6.07, 6.45) is 3.47. The number of rotatable bonds is 4. The molecule has 1 saturated heterocycles. The molecule has 2 aliphatic heterocycles. The maximum Gasteiger partial charge on any atom is 0.246 e. The van der Waals surface area contributed by atoms with E-state index in [0.29, 0.717) is 6.79 Å². The first kappa shape index (κ1) is 18.1. The van der Waals surface area contributed by atoms with Gasteiger partial charge in [-0.05, 0) is 35.9 Å². The average molecular weight is 407 g/mol. The highest BCUT2D eigenvalue weighted by Gasteiger charge is 2.21. The SMILES string of the molecule is O=C(/C=C/c1nc2ccccc2s1)N1CCN(Cc2ccc3c(c2)OCO3)CC1. The number of hydrogen-bond donors (Lipinski definition) is 0. The predicted octanol–water partition coefficient (Wildman–Crippen LogP) is 3.38. The third-order valence-electron chi connectivity index (χ3n) is 5.21. The minimum atomic E-state index is 0.0481. The van der Waals surface area contributed by atoms with Gasteiger partial charge in [-0.15, -0.1) is 11.3 Å². The standard InChI is InChI=1S/C22H21N3O3S/c26-22(8-7-21-23-17-3-1-2-4-20(17)29-21)25-11-9-24(10-12-25)14-16-5-6-18-19(13-16)28-15-27-18/h1-8,13H,9-12,14-15H2/b8-7+. The average Bonchev–Trinajstić information content (AvgIpc) is 3.38. The molecule has 0 spiro atoms. The number of hydrogen-bond acceptors (Lipinski definition) is 6. The van der Waals surface area contributed by atoms with Gasteiger partial charge in [-0.3, -0.25) is 9.69 Å². The molecule has 2 aromatic carbocycles. The number of carbonyl (C=O) groups is 1. The van der Waals surface area contributed by atoms with Crippen molar-refractivity contribution in [2.75, 3.05) is 33.0 Å². The van der Waals surface area contributed by atoms with Gasteiger partial charge in [0, 0.05) is 38.8 Å². The van der Waals surface area contributed by atoms with Crippen LogP contribution in [0.1, 0.15) is 10.6 Å². The summed E-state index contributed by atoms with van der Waals surface area (Å²) in [5.41, 5.74) is 2.17. The van der Waals surface area contributed by atoms with Crippen LogP contribution in [0.4, 0.5) is 0 Å². The van der Waals surface area contributed by atoms with Crippen LogP contribution in [0.5, 0.6) is 11.5 Å². The van der Waals surface area contributed by atoms with E-state index >= 15 is 0 Å². The molecule has 1 fully saturated rings. The molecule has 29 heavy (non-hydrogen) atoms.